The molecule has 0 aliphatic heterocycles. The number of hydrogen-bond acceptors (Lipinski definition) is 4. The maximum absolute atomic E-state index is 9.88. The molecule has 0 radical (unpaired) electrons. The predicted octanol–water partition coefficient (Wildman–Crippen LogP) is 1.81. The molecule has 1 aliphatic rings. The standard InChI is InChI=1S/C15H25N3O2/c1-12-5-3-4-6-13(12)10-20-11-15(19)8-16-14-7-17-18(2)9-14/h3-4,7,9,12-13,15-16,19H,5-6,8,10-11H2,1-2H3. The number of nitrogens with zero attached hydrogens (tertiary/aromatic N) is 2. The monoisotopic (exact) mass is 279 g/mol. The minimum absolute atomic E-state index is 0.375. The third kappa shape index (κ3) is 4.65. The van der Waals surface area contributed by atoms with Crippen molar-refractivity contribution in [2.45, 2.75) is 25.9 Å². The van der Waals surface area contributed by atoms with Gasteiger partial charge in [0.15, 0.2) is 0 Å². The summed E-state index contributed by atoms with van der Waals surface area (Å²) < 4.78 is 7.38. The molecule has 20 heavy (non-hydrogen) atoms. The second kappa shape index (κ2) is 7.45. The minimum Gasteiger partial charge on any atom is -0.389 e. The first-order chi connectivity index (χ1) is 9.65. The lowest BCUT2D eigenvalue weighted by molar-refractivity contribution is 0.0175. The molecule has 2 rings (SSSR count). The Morgan fingerprint density at radius 2 is 2.30 bits per heavy atom. The molecule has 3 unspecified atom stereocenters. The Hall–Kier alpha value is -1.33. The van der Waals surface area contributed by atoms with Crippen molar-refractivity contribution in [1.29, 1.82) is 0 Å². The average Bonchev–Trinajstić information content (AvgIpc) is 2.84. The van der Waals surface area contributed by atoms with Crippen LogP contribution in [0.3, 0.4) is 0 Å². The van der Waals surface area contributed by atoms with E-state index in [4.69, 9.17) is 4.74 Å². The summed E-state index contributed by atoms with van der Waals surface area (Å²) >= 11 is 0. The smallest absolute Gasteiger partial charge is 0.0945 e. The zero-order valence-electron chi connectivity index (χ0n) is 12.3. The van der Waals surface area contributed by atoms with Crippen molar-refractivity contribution in [3.63, 3.8) is 0 Å². The predicted molar refractivity (Wildman–Crippen MR) is 79.6 cm³/mol. The van der Waals surface area contributed by atoms with E-state index in [2.05, 4.69) is 29.5 Å². The molecule has 5 heteroatoms. The number of aliphatic hydroxyl groups is 1. The van der Waals surface area contributed by atoms with Crippen molar-refractivity contribution >= 4 is 5.69 Å². The molecule has 0 saturated carbocycles. The molecule has 0 spiro atoms. The van der Waals surface area contributed by atoms with Gasteiger partial charge in [0.05, 0.1) is 31.2 Å². The van der Waals surface area contributed by atoms with E-state index in [9.17, 15) is 5.11 Å². The summed E-state index contributed by atoms with van der Waals surface area (Å²) in [5.74, 6) is 1.25. The molecule has 1 aliphatic carbocycles. The molecule has 3 atom stereocenters. The Bertz CT molecular complexity index is 431. The van der Waals surface area contributed by atoms with Gasteiger partial charge in [0.1, 0.15) is 0 Å². The second-order valence-electron chi connectivity index (χ2n) is 5.66. The first kappa shape index (κ1) is 15.1. The van der Waals surface area contributed by atoms with Crippen molar-refractivity contribution in [2.24, 2.45) is 18.9 Å². The number of ether oxygens (including phenoxy) is 1. The van der Waals surface area contributed by atoms with Gasteiger partial charge in [-0.05, 0) is 24.7 Å². The third-order valence-corrected chi connectivity index (χ3v) is 3.81. The SMILES string of the molecule is CC1CC=CCC1COCC(O)CNc1cnn(C)c1. The van der Waals surface area contributed by atoms with Gasteiger partial charge in [-0.1, -0.05) is 19.1 Å². The highest BCUT2D eigenvalue weighted by atomic mass is 16.5. The number of aliphatic hydroxyl groups excluding tert-OH is 1. The molecule has 112 valence electrons. The molecule has 1 aromatic rings. The summed E-state index contributed by atoms with van der Waals surface area (Å²) in [6.07, 6.45) is 9.82. The van der Waals surface area contributed by atoms with Crippen LogP contribution in [0.15, 0.2) is 24.5 Å². The highest BCUT2D eigenvalue weighted by Crippen LogP contribution is 2.24. The fourth-order valence-corrected chi connectivity index (χ4v) is 2.40. The van der Waals surface area contributed by atoms with Crippen LogP contribution in [0.1, 0.15) is 19.8 Å². The van der Waals surface area contributed by atoms with E-state index in [-0.39, 0.29) is 0 Å². The lowest BCUT2D eigenvalue weighted by atomic mass is 9.85. The largest absolute Gasteiger partial charge is 0.389 e. The van der Waals surface area contributed by atoms with Crippen LogP contribution < -0.4 is 5.32 Å². The Morgan fingerprint density at radius 1 is 1.50 bits per heavy atom. The van der Waals surface area contributed by atoms with Crippen LogP contribution >= 0.6 is 0 Å². The van der Waals surface area contributed by atoms with Crippen LogP contribution in [0, 0.1) is 11.8 Å². The van der Waals surface area contributed by atoms with Gasteiger partial charge in [-0.2, -0.15) is 5.10 Å². The van der Waals surface area contributed by atoms with E-state index in [0.717, 1.165) is 25.1 Å². The molecular weight excluding hydrogens is 254 g/mol. The minimum atomic E-state index is -0.496. The first-order valence-electron chi connectivity index (χ1n) is 7.28. The van der Waals surface area contributed by atoms with Crippen LogP contribution in [-0.2, 0) is 11.8 Å². The van der Waals surface area contributed by atoms with E-state index in [1.807, 2.05) is 13.2 Å². The summed E-state index contributed by atoms with van der Waals surface area (Å²) in [6.45, 7) is 3.85. The van der Waals surface area contributed by atoms with Crippen molar-refractivity contribution in [3.05, 3.63) is 24.5 Å². The van der Waals surface area contributed by atoms with Crippen molar-refractivity contribution < 1.29 is 9.84 Å². The van der Waals surface area contributed by atoms with Crippen LogP contribution in [0.25, 0.3) is 0 Å². The second-order valence-corrected chi connectivity index (χ2v) is 5.66. The molecule has 0 saturated heterocycles. The molecule has 0 amide bonds. The van der Waals surface area contributed by atoms with Gasteiger partial charge in [-0.15, -0.1) is 0 Å². The fourth-order valence-electron chi connectivity index (χ4n) is 2.40. The van der Waals surface area contributed by atoms with Crippen LogP contribution in [-0.4, -0.2) is 40.7 Å². The Labute approximate surface area is 120 Å². The normalized spacial score (nSPS) is 23.8. The van der Waals surface area contributed by atoms with E-state index in [1.54, 1.807) is 10.9 Å². The van der Waals surface area contributed by atoms with Gasteiger partial charge in [0, 0.05) is 19.8 Å². The zero-order valence-corrected chi connectivity index (χ0v) is 12.3. The lowest BCUT2D eigenvalue weighted by Crippen LogP contribution is -2.27. The van der Waals surface area contributed by atoms with Crippen molar-refractivity contribution in [1.82, 2.24) is 9.78 Å². The number of rotatable bonds is 7. The molecule has 2 N–H and O–H groups in total. The first-order valence-corrected chi connectivity index (χ1v) is 7.28. The van der Waals surface area contributed by atoms with Gasteiger partial charge in [-0.3, -0.25) is 4.68 Å². The number of aryl methyl sites for hydroxylation is 1. The zero-order chi connectivity index (χ0) is 14.4. The summed E-state index contributed by atoms with van der Waals surface area (Å²) in [5.41, 5.74) is 0.914. The molecule has 0 aromatic carbocycles. The summed E-state index contributed by atoms with van der Waals surface area (Å²) in [5, 5.41) is 17.1. The molecule has 5 nitrogen and oxygen atoms in total. The quantitative estimate of drug-likeness (QED) is 0.747. The van der Waals surface area contributed by atoms with Crippen molar-refractivity contribution in [2.75, 3.05) is 25.1 Å². The van der Waals surface area contributed by atoms with Gasteiger partial charge in [-0.25, -0.2) is 0 Å². The van der Waals surface area contributed by atoms with E-state index in [1.165, 1.54) is 0 Å². The molecular formula is C15H25N3O2. The average molecular weight is 279 g/mol. The van der Waals surface area contributed by atoms with Crippen LogP contribution in [0.4, 0.5) is 5.69 Å². The fraction of sp³-hybridized carbons (Fsp3) is 0.667. The van der Waals surface area contributed by atoms with Crippen LogP contribution in [0.2, 0.25) is 0 Å². The van der Waals surface area contributed by atoms with Gasteiger partial charge >= 0.3 is 0 Å². The van der Waals surface area contributed by atoms with E-state index < -0.39 is 6.10 Å². The summed E-state index contributed by atoms with van der Waals surface area (Å²) in [4.78, 5) is 0. The Balaban J connectivity index is 1.60. The van der Waals surface area contributed by atoms with E-state index in [0.29, 0.717) is 25.0 Å². The molecule has 0 fully saturated rings. The Morgan fingerprint density at radius 3 is 3.00 bits per heavy atom. The number of nitrogens with one attached hydrogen (secondary N) is 1. The number of anilines is 1. The number of hydrogen-bond donors (Lipinski definition) is 2. The Kier molecular flexibility index (Phi) is 5.61. The highest BCUT2D eigenvalue weighted by molar-refractivity contribution is 5.37. The summed E-state index contributed by atoms with van der Waals surface area (Å²) in [7, 11) is 1.87. The lowest BCUT2D eigenvalue weighted by Gasteiger charge is -2.25. The summed E-state index contributed by atoms with van der Waals surface area (Å²) in [6, 6.07) is 0. The molecule has 1 heterocycles. The third-order valence-electron chi connectivity index (χ3n) is 3.81. The van der Waals surface area contributed by atoms with Gasteiger partial charge in [0.25, 0.3) is 0 Å². The van der Waals surface area contributed by atoms with Gasteiger partial charge < -0.3 is 15.2 Å². The molecule has 1 aromatic heterocycles. The van der Waals surface area contributed by atoms with Crippen LogP contribution in [0.5, 0.6) is 0 Å². The topological polar surface area (TPSA) is 59.3 Å². The maximum Gasteiger partial charge on any atom is 0.0945 e. The van der Waals surface area contributed by atoms with E-state index >= 15 is 0 Å². The molecule has 0 bridgehead atoms. The number of aromatic nitrogens is 2. The van der Waals surface area contributed by atoms with Gasteiger partial charge in [0.2, 0.25) is 0 Å². The highest BCUT2D eigenvalue weighted by Gasteiger charge is 2.18. The number of allylic oxidation sites excluding steroid dienone is 2. The maximum atomic E-state index is 9.88. The van der Waals surface area contributed by atoms with Crippen molar-refractivity contribution in [3.8, 4) is 0 Å².